The zero-order valence-corrected chi connectivity index (χ0v) is 21.4. The molecule has 0 saturated carbocycles. The van der Waals surface area contributed by atoms with E-state index in [9.17, 15) is 4.79 Å². The topological polar surface area (TPSA) is 96.7 Å². The number of carbonyl (C=O) groups excluding carboxylic acids is 1. The van der Waals surface area contributed by atoms with Gasteiger partial charge in [-0.3, -0.25) is 4.79 Å². The molecule has 5 rings (SSSR count). The second kappa shape index (κ2) is 11.2. The Kier molecular flexibility index (Phi) is 7.55. The van der Waals surface area contributed by atoms with Gasteiger partial charge in [0.2, 0.25) is 0 Å². The highest BCUT2D eigenvalue weighted by Gasteiger charge is 2.20. The van der Waals surface area contributed by atoms with E-state index in [-0.39, 0.29) is 5.91 Å². The third kappa shape index (κ3) is 5.25. The Hall–Kier alpha value is -3.34. The first-order valence-electron chi connectivity index (χ1n) is 12.3. The number of carbonyl (C=O) groups is 1. The average Bonchev–Trinajstić information content (AvgIpc) is 3.69. The van der Waals surface area contributed by atoms with Crippen molar-refractivity contribution in [1.29, 1.82) is 0 Å². The van der Waals surface area contributed by atoms with Crippen molar-refractivity contribution in [3.63, 3.8) is 0 Å². The molecule has 1 atom stereocenters. The summed E-state index contributed by atoms with van der Waals surface area (Å²) in [6.45, 7) is 5.66. The van der Waals surface area contributed by atoms with Crippen LogP contribution in [0, 0.1) is 0 Å². The van der Waals surface area contributed by atoms with Crippen LogP contribution in [0.1, 0.15) is 30.1 Å². The molecule has 0 aliphatic carbocycles. The van der Waals surface area contributed by atoms with Crippen LogP contribution in [0.4, 0.5) is 5.82 Å². The normalized spacial score (nSPS) is 15.4. The van der Waals surface area contributed by atoms with E-state index in [1.54, 1.807) is 29.2 Å². The Bertz CT molecular complexity index is 1320. The molecule has 4 aromatic rings. The number of aromatic nitrogens is 4. The molecule has 0 spiro atoms. The van der Waals surface area contributed by atoms with Crippen molar-refractivity contribution in [3.05, 3.63) is 53.7 Å². The molecular formula is C26H31N7O2S. The van der Waals surface area contributed by atoms with Crippen LogP contribution in [0.5, 0.6) is 0 Å². The number of nitrogens with zero attached hydrogens (tertiary/aromatic N) is 5. The van der Waals surface area contributed by atoms with Gasteiger partial charge in [0.1, 0.15) is 5.82 Å². The number of fused-ring (bicyclic) bond motifs is 1. The maximum atomic E-state index is 13.2. The number of thiophene rings is 1. The first-order valence-corrected chi connectivity index (χ1v) is 13.2. The van der Waals surface area contributed by atoms with Crippen molar-refractivity contribution < 1.29 is 9.53 Å². The lowest BCUT2D eigenvalue weighted by atomic mass is 10.1. The van der Waals surface area contributed by atoms with E-state index in [1.807, 2.05) is 35.8 Å². The summed E-state index contributed by atoms with van der Waals surface area (Å²) in [7, 11) is 1.68. The second-order valence-electron chi connectivity index (χ2n) is 8.79. The largest absolute Gasteiger partial charge is 0.383 e. The molecule has 1 fully saturated rings. The molecule has 1 aliphatic heterocycles. The van der Waals surface area contributed by atoms with Crippen LogP contribution in [0.3, 0.4) is 0 Å². The molecule has 5 heterocycles. The third-order valence-electron chi connectivity index (χ3n) is 6.44. The summed E-state index contributed by atoms with van der Waals surface area (Å²) in [4.78, 5) is 26.3. The van der Waals surface area contributed by atoms with Gasteiger partial charge in [-0.15, -0.1) is 11.3 Å². The summed E-state index contributed by atoms with van der Waals surface area (Å²) in [6.07, 6.45) is 5.89. The van der Waals surface area contributed by atoms with Gasteiger partial charge in [0.25, 0.3) is 5.91 Å². The smallest absolute Gasteiger partial charge is 0.251 e. The highest BCUT2D eigenvalue weighted by atomic mass is 32.1. The van der Waals surface area contributed by atoms with Gasteiger partial charge in [-0.25, -0.2) is 14.5 Å². The van der Waals surface area contributed by atoms with Crippen LogP contribution in [-0.2, 0) is 4.74 Å². The van der Waals surface area contributed by atoms with Crippen molar-refractivity contribution >= 4 is 28.7 Å². The molecule has 4 aromatic heterocycles. The molecule has 1 amide bonds. The maximum Gasteiger partial charge on any atom is 0.251 e. The van der Waals surface area contributed by atoms with Crippen molar-refractivity contribution in [2.75, 3.05) is 44.8 Å². The van der Waals surface area contributed by atoms with Gasteiger partial charge in [-0.1, -0.05) is 6.07 Å². The number of methoxy groups -OCH3 is 1. The van der Waals surface area contributed by atoms with Gasteiger partial charge >= 0.3 is 0 Å². The zero-order chi connectivity index (χ0) is 24.9. The maximum absolute atomic E-state index is 13.2. The number of nitrogens with one attached hydrogen (secondary N) is 2. The number of ether oxygens (including phenoxy) is 1. The monoisotopic (exact) mass is 505 g/mol. The third-order valence-corrected chi connectivity index (χ3v) is 7.33. The minimum atomic E-state index is -0.111. The van der Waals surface area contributed by atoms with Crippen LogP contribution in [-0.4, -0.2) is 71.4 Å². The number of rotatable bonds is 10. The summed E-state index contributed by atoms with van der Waals surface area (Å²) in [6, 6.07) is 10.0. The Labute approximate surface area is 214 Å². The van der Waals surface area contributed by atoms with E-state index >= 15 is 0 Å². The van der Waals surface area contributed by atoms with Crippen LogP contribution >= 0.6 is 11.3 Å². The van der Waals surface area contributed by atoms with Crippen LogP contribution in [0.2, 0.25) is 0 Å². The number of hydrogen-bond acceptors (Lipinski definition) is 8. The molecule has 0 aromatic carbocycles. The zero-order valence-electron chi connectivity index (χ0n) is 20.6. The molecule has 9 nitrogen and oxygen atoms in total. The molecule has 188 valence electrons. The number of amides is 1. The van der Waals surface area contributed by atoms with E-state index in [0.717, 1.165) is 47.9 Å². The van der Waals surface area contributed by atoms with E-state index in [2.05, 4.69) is 33.6 Å². The lowest BCUT2D eigenvalue weighted by molar-refractivity contribution is 0.0950. The van der Waals surface area contributed by atoms with Crippen LogP contribution in [0.15, 0.2) is 48.1 Å². The van der Waals surface area contributed by atoms with Crippen molar-refractivity contribution in [2.24, 2.45) is 0 Å². The predicted molar refractivity (Wildman–Crippen MR) is 143 cm³/mol. The molecule has 1 saturated heterocycles. The van der Waals surface area contributed by atoms with Crippen molar-refractivity contribution in [1.82, 2.24) is 30.2 Å². The minimum absolute atomic E-state index is 0.111. The molecule has 0 radical (unpaired) electrons. The van der Waals surface area contributed by atoms with Gasteiger partial charge in [0.05, 0.1) is 34.6 Å². The van der Waals surface area contributed by atoms with E-state index in [0.29, 0.717) is 42.6 Å². The summed E-state index contributed by atoms with van der Waals surface area (Å²) in [5, 5.41) is 13.1. The van der Waals surface area contributed by atoms with E-state index in [1.165, 1.54) is 0 Å². The minimum Gasteiger partial charge on any atom is -0.383 e. The predicted octanol–water partition coefficient (Wildman–Crippen LogP) is 3.47. The quantitative estimate of drug-likeness (QED) is 0.341. The molecule has 10 heteroatoms. The summed E-state index contributed by atoms with van der Waals surface area (Å²) >= 11 is 1.64. The number of hydrogen-bond donors (Lipinski definition) is 2. The lowest BCUT2D eigenvalue weighted by Crippen LogP contribution is -2.37. The van der Waals surface area contributed by atoms with Crippen molar-refractivity contribution in [3.8, 4) is 21.8 Å². The average molecular weight is 506 g/mol. The standard InChI is InChI=1S/C26H31N7O2S/c1-3-32(11-12-35-2)24-15-18(26(34)28-16-19-6-4-9-27-19)14-22(30-24)20-17-29-33-10-8-21(31-25(20)33)23-7-5-13-36-23/h5,7-8,10,13-15,17,19,27H,3-4,6,9,11-12,16H2,1-2H3,(H,28,34)/t19-/m0/s1. The second-order valence-corrected chi connectivity index (χ2v) is 9.74. The first-order chi connectivity index (χ1) is 17.7. The lowest BCUT2D eigenvalue weighted by Gasteiger charge is -2.23. The number of pyridine rings is 1. The Morgan fingerprint density at radius 3 is 2.97 bits per heavy atom. The Morgan fingerprint density at radius 1 is 1.31 bits per heavy atom. The fourth-order valence-corrected chi connectivity index (χ4v) is 5.14. The molecule has 1 aliphatic rings. The molecule has 0 bridgehead atoms. The highest BCUT2D eigenvalue weighted by molar-refractivity contribution is 7.13. The summed E-state index contributed by atoms with van der Waals surface area (Å²) < 4.78 is 7.04. The van der Waals surface area contributed by atoms with E-state index < -0.39 is 0 Å². The van der Waals surface area contributed by atoms with Crippen molar-refractivity contribution in [2.45, 2.75) is 25.8 Å². The Balaban J connectivity index is 1.53. The number of anilines is 1. The summed E-state index contributed by atoms with van der Waals surface area (Å²) in [5.74, 6) is 0.616. The SMILES string of the molecule is CCN(CCOC)c1cc(C(=O)NC[C@@H]2CCCN2)cc(-c2cnn3ccc(-c4cccs4)nc23)n1. The molecular weight excluding hydrogens is 474 g/mol. The molecule has 2 N–H and O–H groups in total. The van der Waals surface area contributed by atoms with Gasteiger partial charge in [-0.05, 0) is 56.0 Å². The van der Waals surface area contributed by atoms with Crippen LogP contribution in [0.25, 0.3) is 27.5 Å². The highest BCUT2D eigenvalue weighted by Crippen LogP contribution is 2.29. The van der Waals surface area contributed by atoms with Crippen LogP contribution < -0.4 is 15.5 Å². The molecule has 36 heavy (non-hydrogen) atoms. The van der Waals surface area contributed by atoms with Gasteiger partial charge in [0.15, 0.2) is 5.65 Å². The Morgan fingerprint density at radius 2 is 2.22 bits per heavy atom. The van der Waals surface area contributed by atoms with Gasteiger partial charge in [0, 0.05) is 44.5 Å². The fourth-order valence-electron chi connectivity index (χ4n) is 4.44. The fraction of sp³-hybridized carbons (Fsp3) is 0.385. The van der Waals surface area contributed by atoms with Gasteiger partial charge < -0.3 is 20.3 Å². The van der Waals surface area contributed by atoms with E-state index in [4.69, 9.17) is 14.7 Å². The van der Waals surface area contributed by atoms with Gasteiger partial charge in [-0.2, -0.15) is 5.10 Å². The number of likely N-dealkylation sites (N-methyl/N-ethyl adjacent to an activating group) is 1. The first kappa shape index (κ1) is 24.4. The molecule has 0 unspecified atom stereocenters. The summed E-state index contributed by atoms with van der Waals surface area (Å²) in [5.41, 5.74) is 3.60.